The van der Waals surface area contributed by atoms with Crippen LogP contribution in [0.5, 0.6) is 5.75 Å². The molecule has 1 heterocycles. The molecule has 0 saturated heterocycles. The second-order valence-corrected chi connectivity index (χ2v) is 5.67. The highest BCUT2D eigenvalue weighted by Gasteiger charge is 2.13. The van der Waals surface area contributed by atoms with Gasteiger partial charge in [0.25, 0.3) is 5.69 Å². The molecule has 0 atom stereocenters. The average molecular weight is 349 g/mol. The lowest BCUT2D eigenvalue weighted by Crippen LogP contribution is -2.01. The second kappa shape index (κ2) is 5.73. The maximum absolute atomic E-state index is 10.9. The molecule has 1 N–H and O–H groups in total. The van der Waals surface area contributed by atoms with Gasteiger partial charge in [0, 0.05) is 24.7 Å². The highest BCUT2D eigenvalue weighted by atomic mass is 79.9. The largest absolute Gasteiger partial charge is 0.493 e. The van der Waals surface area contributed by atoms with Gasteiger partial charge < -0.3 is 10.1 Å². The summed E-state index contributed by atoms with van der Waals surface area (Å²) in [6, 6.07) is 11.1. The van der Waals surface area contributed by atoms with Gasteiger partial charge in [0.1, 0.15) is 5.75 Å². The first-order valence-electron chi connectivity index (χ1n) is 6.56. The lowest BCUT2D eigenvalue weighted by Gasteiger charge is -2.08. The van der Waals surface area contributed by atoms with Crippen LogP contribution in [0.4, 0.5) is 11.4 Å². The Kier molecular flexibility index (Phi) is 3.79. The normalized spacial score (nSPS) is 12.6. The van der Waals surface area contributed by atoms with E-state index < -0.39 is 0 Å². The highest BCUT2D eigenvalue weighted by molar-refractivity contribution is 9.10. The Labute approximate surface area is 130 Å². The first-order chi connectivity index (χ1) is 10.1. The van der Waals surface area contributed by atoms with E-state index in [1.54, 1.807) is 12.1 Å². The number of nitro groups is 1. The second-order valence-electron chi connectivity index (χ2n) is 4.82. The smallest absolute Gasteiger partial charge is 0.283 e. The maximum Gasteiger partial charge on any atom is 0.283 e. The van der Waals surface area contributed by atoms with Crippen LogP contribution < -0.4 is 10.1 Å². The van der Waals surface area contributed by atoms with Gasteiger partial charge in [0.15, 0.2) is 0 Å². The van der Waals surface area contributed by atoms with Crippen molar-refractivity contribution in [1.82, 2.24) is 0 Å². The maximum atomic E-state index is 10.9. The summed E-state index contributed by atoms with van der Waals surface area (Å²) in [6.45, 7) is 1.27. The summed E-state index contributed by atoms with van der Waals surface area (Å²) in [4.78, 5) is 10.5. The van der Waals surface area contributed by atoms with Crippen molar-refractivity contribution >= 4 is 27.3 Å². The average Bonchev–Trinajstić information content (AvgIpc) is 2.93. The van der Waals surface area contributed by atoms with E-state index in [-0.39, 0.29) is 10.6 Å². The van der Waals surface area contributed by atoms with Crippen LogP contribution in [0.15, 0.2) is 40.9 Å². The zero-order chi connectivity index (χ0) is 14.8. The lowest BCUT2D eigenvalue weighted by atomic mass is 10.1. The third-order valence-corrected chi connectivity index (χ3v) is 4.06. The van der Waals surface area contributed by atoms with Crippen molar-refractivity contribution in [2.24, 2.45) is 0 Å². The molecule has 21 heavy (non-hydrogen) atoms. The van der Waals surface area contributed by atoms with Crippen LogP contribution in [0.25, 0.3) is 0 Å². The van der Waals surface area contributed by atoms with Crippen molar-refractivity contribution in [3.63, 3.8) is 0 Å². The van der Waals surface area contributed by atoms with E-state index in [9.17, 15) is 10.1 Å². The van der Waals surface area contributed by atoms with Crippen LogP contribution in [0.2, 0.25) is 0 Å². The van der Waals surface area contributed by atoms with E-state index in [0.29, 0.717) is 11.0 Å². The van der Waals surface area contributed by atoms with Crippen LogP contribution in [0.1, 0.15) is 11.1 Å². The molecule has 1 aliphatic rings. The number of benzene rings is 2. The van der Waals surface area contributed by atoms with E-state index in [4.69, 9.17) is 4.74 Å². The molecule has 5 nitrogen and oxygen atoms in total. The molecule has 0 saturated carbocycles. The van der Waals surface area contributed by atoms with Crippen LogP contribution in [-0.4, -0.2) is 11.5 Å². The third-order valence-electron chi connectivity index (χ3n) is 3.39. The summed E-state index contributed by atoms with van der Waals surface area (Å²) in [7, 11) is 0. The molecule has 0 bridgehead atoms. The first kappa shape index (κ1) is 13.9. The Balaban J connectivity index is 1.73. The minimum atomic E-state index is -0.389. The number of halogens is 1. The molecular formula is C15H13BrN2O3. The van der Waals surface area contributed by atoms with Gasteiger partial charge in [-0.15, -0.1) is 0 Å². The number of nitrogens with zero attached hydrogens (tertiary/aromatic N) is 1. The monoisotopic (exact) mass is 348 g/mol. The van der Waals surface area contributed by atoms with E-state index in [1.165, 1.54) is 5.56 Å². The van der Waals surface area contributed by atoms with Crippen LogP contribution >= 0.6 is 15.9 Å². The molecule has 6 heteroatoms. The molecule has 0 amide bonds. The van der Waals surface area contributed by atoms with Crippen molar-refractivity contribution in [3.05, 3.63) is 62.1 Å². The molecule has 108 valence electrons. The standard InChI is InChI=1S/C15H13BrN2O3/c16-13-3-1-10(7-14(13)18(19)20)9-17-12-2-4-15-11(8-12)5-6-21-15/h1-4,7-8,17H,5-6,9H2. The summed E-state index contributed by atoms with van der Waals surface area (Å²) < 4.78 is 5.96. The molecule has 3 rings (SSSR count). The van der Waals surface area contributed by atoms with Crippen LogP contribution in [-0.2, 0) is 13.0 Å². The van der Waals surface area contributed by atoms with Gasteiger partial charge in [-0.1, -0.05) is 6.07 Å². The Morgan fingerprint density at radius 3 is 2.95 bits per heavy atom. The Bertz CT molecular complexity index is 703. The minimum absolute atomic E-state index is 0.0802. The summed E-state index contributed by atoms with van der Waals surface area (Å²) in [6.07, 6.45) is 0.925. The topological polar surface area (TPSA) is 64.4 Å². The number of nitro benzene ring substituents is 1. The molecule has 0 radical (unpaired) electrons. The number of anilines is 1. The number of fused-ring (bicyclic) bond motifs is 1. The number of hydrogen-bond donors (Lipinski definition) is 1. The summed E-state index contributed by atoms with van der Waals surface area (Å²) >= 11 is 3.18. The molecule has 0 aliphatic carbocycles. The molecule has 2 aromatic carbocycles. The van der Waals surface area contributed by atoms with E-state index in [1.807, 2.05) is 18.2 Å². The van der Waals surface area contributed by atoms with Gasteiger partial charge in [0.2, 0.25) is 0 Å². The van der Waals surface area contributed by atoms with E-state index in [2.05, 4.69) is 27.3 Å². The Morgan fingerprint density at radius 1 is 1.29 bits per heavy atom. The van der Waals surface area contributed by atoms with Gasteiger partial charge in [-0.25, -0.2) is 0 Å². The number of hydrogen-bond acceptors (Lipinski definition) is 4. The van der Waals surface area contributed by atoms with E-state index in [0.717, 1.165) is 30.0 Å². The number of rotatable bonds is 4. The minimum Gasteiger partial charge on any atom is -0.493 e. The van der Waals surface area contributed by atoms with Gasteiger partial charge in [-0.2, -0.15) is 0 Å². The quantitative estimate of drug-likeness (QED) is 0.672. The van der Waals surface area contributed by atoms with Crippen LogP contribution in [0.3, 0.4) is 0 Å². The van der Waals surface area contributed by atoms with Gasteiger partial charge in [0.05, 0.1) is 16.0 Å². The Hall–Kier alpha value is -2.08. The highest BCUT2D eigenvalue weighted by Crippen LogP contribution is 2.29. The molecule has 0 spiro atoms. The van der Waals surface area contributed by atoms with Crippen LogP contribution in [0, 0.1) is 10.1 Å². The van der Waals surface area contributed by atoms with Crippen molar-refractivity contribution in [1.29, 1.82) is 0 Å². The van der Waals surface area contributed by atoms with Gasteiger partial charge in [-0.05, 0) is 51.3 Å². The molecule has 2 aromatic rings. The van der Waals surface area contributed by atoms with Crippen molar-refractivity contribution in [2.75, 3.05) is 11.9 Å². The molecule has 0 aromatic heterocycles. The summed E-state index contributed by atoms with van der Waals surface area (Å²) in [5.41, 5.74) is 3.13. The van der Waals surface area contributed by atoms with Gasteiger partial charge in [-0.3, -0.25) is 10.1 Å². The fourth-order valence-corrected chi connectivity index (χ4v) is 2.70. The number of nitrogens with one attached hydrogen (secondary N) is 1. The fraction of sp³-hybridized carbons (Fsp3) is 0.200. The molecule has 1 aliphatic heterocycles. The molecular weight excluding hydrogens is 336 g/mol. The predicted octanol–water partition coefficient (Wildman–Crippen LogP) is 3.90. The summed E-state index contributed by atoms with van der Waals surface area (Å²) in [5, 5.41) is 14.2. The summed E-state index contributed by atoms with van der Waals surface area (Å²) in [5.74, 6) is 0.944. The molecule has 0 fully saturated rings. The number of ether oxygens (including phenoxy) is 1. The van der Waals surface area contributed by atoms with E-state index >= 15 is 0 Å². The zero-order valence-corrected chi connectivity index (χ0v) is 12.7. The van der Waals surface area contributed by atoms with Gasteiger partial charge >= 0.3 is 0 Å². The van der Waals surface area contributed by atoms with Crippen molar-refractivity contribution in [2.45, 2.75) is 13.0 Å². The first-order valence-corrected chi connectivity index (χ1v) is 7.35. The predicted molar refractivity (Wildman–Crippen MR) is 83.8 cm³/mol. The lowest BCUT2D eigenvalue weighted by molar-refractivity contribution is -0.385. The molecule has 0 unspecified atom stereocenters. The van der Waals surface area contributed by atoms with Crippen molar-refractivity contribution < 1.29 is 9.66 Å². The third kappa shape index (κ3) is 3.00. The zero-order valence-electron chi connectivity index (χ0n) is 11.1. The fourth-order valence-electron chi connectivity index (χ4n) is 2.31. The Morgan fingerprint density at radius 2 is 2.14 bits per heavy atom. The SMILES string of the molecule is O=[N+]([O-])c1cc(CNc2ccc3c(c2)CCO3)ccc1Br. The van der Waals surface area contributed by atoms with Crippen molar-refractivity contribution in [3.8, 4) is 5.75 Å².